The molecule has 0 aromatic rings. The Labute approximate surface area is 92.8 Å². The first-order valence-electron chi connectivity index (χ1n) is 4.52. The summed E-state index contributed by atoms with van der Waals surface area (Å²) in [6, 6.07) is 2.17. The van der Waals surface area contributed by atoms with Crippen molar-refractivity contribution < 1.29 is 0 Å². The monoisotopic (exact) mass is 222 g/mol. The van der Waals surface area contributed by atoms with Gasteiger partial charge in [0.15, 0.2) is 0 Å². The van der Waals surface area contributed by atoms with Crippen LogP contribution in [-0.4, -0.2) is 10.6 Å². The van der Waals surface area contributed by atoms with Crippen LogP contribution in [0.2, 0.25) is 0 Å². The number of rotatable bonds is 0. The van der Waals surface area contributed by atoms with Gasteiger partial charge in [0.05, 0.1) is 10.6 Å². The number of hydrogen-bond acceptors (Lipinski definition) is 4. The Bertz CT molecular complexity index is 399. The highest BCUT2D eigenvalue weighted by atomic mass is 32.2. The van der Waals surface area contributed by atoms with Crippen molar-refractivity contribution >= 4 is 28.8 Å². The lowest BCUT2D eigenvalue weighted by Crippen LogP contribution is -2.19. The summed E-state index contributed by atoms with van der Waals surface area (Å²) < 4.78 is 0. The first-order valence-corrected chi connectivity index (χ1v) is 5.91. The second-order valence-electron chi connectivity index (χ2n) is 3.40. The van der Waals surface area contributed by atoms with E-state index in [-0.39, 0.29) is 0 Å². The number of hydrogen-bond donors (Lipinski definition) is 1. The average molecular weight is 222 g/mol. The van der Waals surface area contributed by atoms with Crippen LogP contribution in [0.15, 0.2) is 21.7 Å². The van der Waals surface area contributed by atoms with Gasteiger partial charge >= 0.3 is 0 Å². The molecule has 4 heteroatoms. The smallest absolute Gasteiger partial charge is 0.103 e. The molecule has 2 N–H and O–H groups in total. The Morgan fingerprint density at radius 2 is 2.21 bits per heavy atom. The Morgan fingerprint density at radius 1 is 1.43 bits per heavy atom. The summed E-state index contributed by atoms with van der Waals surface area (Å²) in [5.74, 6) is 0.909. The van der Waals surface area contributed by atoms with Gasteiger partial charge in [-0.25, -0.2) is 0 Å². The molecule has 0 bridgehead atoms. The molecule has 0 fully saturated rings. The molecule has 0 saturated heterocycles. The summed E-state index contributed by atoms with van der Waals surface area (Å²) in [6.45, 7) is 0. The fraction of sp³-hybridized carbons (Fsp3) is 0.400. The van der Waals surface area contributed by atoms with Crippen LogP contribution in [0, 0.1) is 11.3 Å². The van der Waals surface area contributed by atoms with Crippen molar-refractivity contribution in [2.75, 3.05) is 5.75 Å². The summed E-state index contributed by atoms with van der Waals surface area (Å²) in [5.41, 5.74) is 8.70. The molecule has 0 amide bonds. The van der Waals surface area contributed by atoms with Crippen LogP contribution in [0.1, 0.15) is 19.3 Å². The maximum absolute atomic E-state index is 9.02. The molecule has 0 aromatic heterocycles. The van der Waals surface area contributed by atoms with Gasteiger partial charge in [0.1, 0.15) is 6.07 Å². The molecular weight excluding hydrogens is 212 g/mol. The Kier molecular flexibility index (Phi) is 2.62. The van der Waals surface area contributed by atoms with Gasteiger partial charge < -0.3 is 5.73 Å². The van der Waals surface area contributed by atoms with Crippen LogP contribution >= 0.6 is 24.0 Å². The minimum atomic E-state index is 0.612. The summed E-state index contributed by atoms with van der Waals surface area (Å²) in [4.78, 5) is 0.922. The average Bonchev–Trinajstić information content (AvgIpc) is 2.19. The van der Waals surface area contributed by atoms with E-state index >= 15 is 0 Å². The summed E-state index contributed by atoms with van der Waals surface area (Å²) in [7, 11) is 0. The SMILES string of the molecule is N#CC1=C(N)SCC2=C1C(=S)CCC2. The zero-order valence-electron chi connectivity index (χ0n) is 7.67. The van der Waals surface area contributed by atoms with E-state index in [1.165, 1.54) is 5.57 Å². The fourth-order valence-corrected chi connectivity index (χ4v) is 3.14. The lowest BCUT2D eigenvalue weighted by atomic mass is 9.88. The predicted molar refractivity (Wildman–Crippen MR) is 62.8 cm³/mol. The van der Waals surface area contributed by atoms with Crippen LogP contribution in [-0.2, 0) is 0 Å². The van der Waals surface area contributed by atoms with Crippen LogP contribution in [0.5, 0.6) is 0 Å². The maximum atomic E-state index is 9.02. The van der Waals surface area contributed by atoms with Crippen molar-refractivity contribution in [3.05, 3.63) is 21.7 Å². The third-order valence-corrected chi connectivity index (χ3v) is 3.94. The topological polar surface area (TPSA) is 49.8 Å². The minimum Gasteiger partial charge on any atom is -0.392 e. The van der Waals surface area contributed by atoms with Crippen LogP contribution in [0.25, 0.3) is 0 Å². The number of thiocarbonyl (C=S) groups is 1. The number of thioether (sulfide) groups is 1. The highest BCUT2D eigenvalue weighted by molar-refractivity contribution is 8.03. The van der Waals surface area contributed by atoms with E-state index in [2.05, 4.69) is 6.07 Å². The molecule has 0 radical (unpaired) electrons. The van der Waals surface area contributed by atoms with Gasteiger partial charge in [-0.05, 0) is 19.3 Å². The van der Waals surface area contributed by atoms with Crippen molar-refractivity contribution in [1.82, 2.24) is 0 Å². The molecule has 0 atom stereocenters. The van der Waals surface area contributed by atoms with E-state index in [1.807, 2.05) is 0 Å². The van der Waals surface area contributed by atoms with E-state index in [0.29, 0.717) is 10.6 Å². The van der Waals surface area contributed by atoms with E-state index in [4.69, 9.17) is 23.2 Å². The zero-order chi connectivity index (χ0) is 10.1. The Morgan fingerprint density at radius 3 is 2.93 bits per heavy atom. The molecule has 72 valence electrons. The molecular formula is C10H10N2S2. The van der Waals surface area contributed by atoms with Gasteiger partial charge in [0.25, 0.3) is 0 Å². The third kappa shape index (κ3) is 1.47. The Balaban J connectivity index is 2.53. The number of nitrogens with two attached hydrogens (primary N) is 1. The number of nitriles is 1. The molecule has 2 aliphatic rings. The van der Waals surface area contributed by atoms with Gasteiger partial charge in [-0.3, -0.25) is 0 Å². The molecule has 1 aliphatic carbocycles. The molecule has 2 rings (SSSR count). The molecule has 14 heavy (non-hydrogen) atoms. The van der Waals surface area contributed by atoms with Gasteiger partial charge in [0, 0.05) is 16.2 Å². The number of nitrogens with zero attached hydrogens (tertiary/aromatic N) is 1. The molecule has 0 saturated carbocycles. The predicted octanol–water partition coefficient (Wildman–Crippen LogP) is 2.28. The standard InChI is InChI=1S/C10H10N2S2/c11-4-7-9-6(5-14-10(7)12)2-1-3-8(9)13/h1-3,5,12H2. The van der Waals surface area contributed by atoms with Crippen molar-refractivity contribution in [2.24, 2.45) is 5.73 Å². The number of allylic oxidation sites excluding steroid dienone is 2. The van der Waals surface area contributed by atoms with Crippen molar-refractivity contribution in [2.45, 2.75) is 19.3 Å². The van der Waals surface area contributed by atoms with Crippen LogP contribution in [0.4, 0.5) is 0 Å². The van der Waals surface area contributed by atoms with Crippen LogP contribution < -0.4 is 5.73 Å². The summed E-state index contributed by atoms with van der Waals surface area (Å²) in [5, 5.41) is 9.66. The summed E-state index contributed by atoms with van der Waals surface area (Å²) in [6.07, 6.45) is 3.12. The van der Waals surface area contributed by atoms with Gasteiger partial charge in [0.2, 0.25) is 0 Å². The first kappa shape index (κ1) is 9.75. The van der Waals surface area contributed by atoms with E-state index in [1.54, 1.807) is 11.8 Å². The van der Waals surface area contributed by atoms with E-state index < -0.39 is 0 Å². The van der Waals surface area contributed by atoms with Crippen molar-refractivity contribution in [3.8, 4) is 6.07 Å². The van der Waals surface area contributed by atoms with E-state index in [0.717, 1.165) is 35.5 Å². The van der Waals surface area contributed by atoms with Gasteiger partial charge in [-0.1, -0.05) is 17.8 Å². The third-order valence-electron chi connectivity index (χ3n) is 2.52. The van der Waals surface area contributed by atoms with Gasteiger partial charge in [-0.15, -0.1) is 11.8 Å². The maximum Gasteiger partial charge on any atom is 0.103 e. The molecule has 2 nitrogen and oxygen atoms in total. The van der Waals surface area contributed by atoms with Crippen LogP contribution in [0.3, 0.4) is 0 Å². The molecule has 0 unspecified atom stereocenters. The minimum absolute atomic E-state index is 0.612. The normalized spacial score (nSPS) is 22.1. The second-order valence-corrected chi connectivity index (χ2v) is 4.90. The largest absolute Gasteiger partial charge is 0.392 e. The second kappa shape index (κ2) is 3.76. The first-order chi connectivity index (χ1) is 6.74. The Hall–Kier alpha value is -0.790. The lowest BCUT2D eigenvalue weighted by Gasteiger charge is -2.25. The highest BCUT2D eigenvalue weighted by Gasteiger charge is 2.26. The lowest BCUT2D eigenvalue weighted by molar-refractivity contribution is 0.833. The molecule has 1 heterocycles. The van der Waals surface area contributed by atoms with E-state index in [9.17, 15) is 0 Å². The van der Waals surface area contributed by atoms with Gasteiger partial charge in [-0.2, -0.15) is 5.26 Å². The highest BCUT2D eigenvalue weighted by Crippen LogP contribution is 2.37. The van der Waals surface area contributed by atoms with Crippen molar-refractivity contribution in [3.63, 3.8) is 0 Å². The quantitative estimate of drug-likeness (QED) is 0.639. The molecule has 0 spiro atoms. The molecule has 0 aromatic carbocycles. The fourth-order valence-electron chi connectivity index (χ4n) is 1.84. The molecule has 1 aliphatic heterocycles. The van der Waals surface area contributed by atoms with Crippen molar-refractivity contribution in [1.29, 1.82) is 5.26 Å². The zero-order valence-corrected chi connectivity index (χ0v) is 9.30. The summed E-state index contributed by atoms with van der Waals surface area (Å²) >= 11 is 6.85.